The van der Waals surface area contributed by atoms with Crippen LogP contribution in [-0.4, -0.2) is 56.3 Å². The van der Waals surface area contributed by atoms with Crippen molar-refractivity contribution in [2.75, 3.05) is 43.5 Å². The number of rotatable bonds is 5. The van der Waals surface area contributed by atoms with Crippen molar-refractivity contribution in [3.63, 3.8) is 0 Å². The lowest BCUT2D eigenvalue weighted by molar-refractivity contribution is 0.0600. The molecule has 1 fully saturated rings. The highest BCUT2D eigenvalue weighted by molar-refractivity contribution is 5.92. The van der Waals surface area contributed by atoms with Crippen LogP contribution in [0.3, 0.4) is 0 Å². The molecule has 0 aromatic heterocycles. The van der Waals surface area contributed by atoms with Crippen molar-refractivity contribution < 1.29 is 19.1 Å². The molecule has 154 valence electrons. The van der Waals surface area contributed by atoms with E-state index in [0.717, 1.165) is 24.5 Å². The van der Waals surface area contributed by atoms with Gasteiger partial charge >= 0.3 is 12.0 Å². The molecule has 29 heavy (non-hydrogen) atoms. The van der Waals surface area contributed by atoms with Gasteiger partial charge in [0.25, 0.3) is 0 Å². The van der Waals surface area contributed by atoms with E-state index in [4.69, 9.17) is 4.74 Å². The Morgan fingerprint density at radius 2 is 1.62 bits per heavy atom. The van der Waals surface area contributed by atoms with Crippen LogP contribution in [-0.2, 0) is 4.74 Å². The number of nitrogens with zero attached hydrogens (tertiary/aromatic N) is 2. The van der Waals surface area contributed by atoms with Crippen molar-refractivity contribution in [2.24, 2.45) is 0 Å². The van der Waals surface area contributed by atoms with Crippen LogP contribution in [0.1, 0.15) is 24.2 Å². The molecule has 2 amide bonds. The number of amides is 2. The number of carbonyl (C=O) groups is 2. The summed E-state index contributed by atoms with van der Waals surface area (Å²) in [4.78, 5) is 28.1. The summed E-state index contributed by atoms with van der Waals surface area (Å²) in [5.41, 5.74) is 2.14. The Balaban J connectivity index is 1.57. The third kappa shape index (κ3) is 5.19. The van der Waals surface area contributed by atoms with E-state index in [1.165, 1.54) is 7.11 Å². The Kier molecular flexibility index (Phi) is 6.59. The fourth-order valence-corrected chi connectivity index (χ4v) is 3.23. The van der Waals surface area contributed by atoms with Crippen molar-refractivity contribution in [1.29, 1.82) is 0 Å². The molecule has 1 aliphatic rings. The molecule has 1 aliphatic heterocycles. The van der Waals surface area contributed by atoms with Gasteiger partial charge in [-0.2, -0.15) is 0 Å². The first-order valence-corrected chi connectivity index (χ1v) is 9.73. The quantitative estimate of drug-likeness (QED) is 0.781. The summed E-state index contributed by atoms with van der Waals surface area (Å²) in [6.45, 7) is 6.71. The minimum absolute atomic E-state index is 0.105. The third-order valence-corrected chi connectivity index (χ3v) is 4.69. The van der Waals surface area contributed by atoms with E-state index in [9.17, 15) is 9.59 Å². The summed E-state index contributed by atoms with van der Waals surface area (Å²) in [7, 11) is 1.34. The van der Waals surface area contributed by atoms with Gasteiger partial charge in [0.2, 0.25) is 0 Å². The average Bonchev–Trinajstić information content (AvgIpc) is 2.74. The largest absolute Gasteiger partial charge is 0.489 e. The minimum atomic E-state index is -0.402. The number of anilines is 2. The van der Waals surface area contributed by atoms with Crippen molar-refractivity contribution >= 4 is 23.4 Å². The van der Waals surface area contributed by atoms with E-state index in [2.05, 4.69) is 21.0 Å². The molecule has 2 aromatic rings. The van der Waals surface area contributed by atoms with Crippen LogP contribution in [0.2, 0.25) is 0 Å². The van der Waals surface area contributed by atoms with Crippen LogP contribution in [0.15, 0.2) is 48.5 Å². The molecular weight excluding hydrogens is 370 g/mol. The molecule has 2 aromatic carbocycles. The van der Waals surface area contributed by atoms with Gasteiger partial charge in [-0.3, -0.25) is 0 Å². The molecular formula is C22H27N3O4. The van der Waals surface area contributed by atoms with Gasteiger partial charge in [0.1, 0.15) is 5.75 Å². The lowest BCUT2D eigenvalue weighted by Gasteiger charge is -2.36. The van der Waals surface area contributed by atoms with E-state index < -0.39 is 5.97 Å². The molecule has 0 unspecified atom stereocenters. The van der Waals surface area contributed by atoms with E-state index in [1.54, 1.807) is 29.2 Å². The number of esters is 1. The molecule has 0 spiro atoms. The molecule has 0 saturated carbocycles. The van der Waals surface area contributed by atoms with Gasteiger partial charge < -0.3 is 24.6 Å². The van der Waals surface area contributed by atoms with Crippen LogP contribution in [0, 0.1) is 0 Å². The van der Waals surface area contributed by atoms with Crippen LogP contribution in [0.5, 0.6) is 5.75 Å². The molecule has 0 aliphatic carbocycles. The van der Waals surface area contributed by atoms with Crippen LogP contribution in [0.4, 0.5) is 16.2 Å². The lowest BCUT2D eigenvalue weighted by Crippen LogP contribution is -2.50. The number of ether oxygens (including phenoxy) is 2. The van der Waals surface area contributed by atoms with Crippen molar-refractivity contribution in [2.45, 2.75) is 20.0 Å². The maximum absolute atomic E-state index is 12.6. The smallest absolute Gasteiger partial charge is 0.337 e. The highest BCUT2D eigenvalue weighted by atomic mass is 16.5. The van der Waals surface area contributed by atoms with Gasteiger partial charge in [-0.05, 0) is 50.2 Å². The van der Waals surface area contributed by atoms with Gasteiger partial charge in [0, 0.05) is 31.9 Å². The Hall–Kier alpha value is -3.22. The molecule has 1 N–H and O–H groups in total. The minimum Gasteiger partial charge on any atom is -0.489 e. The van der Waals surface area contributed by atoms with Crippen LogP contribution in [0.25, 0.3) is 0 Å². The second-order valence-electron chi connectivity index (χ2n) is 7.11. The predicted octanol–water partition coefficient (Wildman–Crippen LogP) is 3.61. The number of hydrogen-bond donors (Lipinski definition) is 1. The lowest BCUT2D eigenvalue weighted by atomic mass is 10.2. The van der Waals surface area contributed by atoms with E-state index in [0.29, 0.717) is 24.3 Å². The second-order valence-corrected chi connectivity index (χ2v) is 7.11. The maximum Gasteiger partial charge on any atom is 0.337 e. The Morgan fingerprint density at radius 1 is 0.966 bits per heavy atom. The zero-order valence-corrected chi connectivity index (χ0v) is 17.1. The summed E-state index contributed by atoms with van der Waals surface area (Å²) in [5, 5.41) is 2.88. The normalized spacial score (nSPS) is 13.9. The first kappa shape index (κ1) is 20.5. The van der Waals surface area contributed by atoms with Gasteiger partial charge in [-0.1, -0.05) is 12.1 Å². The number of hydrogen-bond acceptors (Lipinski definition) is 5. The number of methoxy groups -OCH3 is 1. The predicted molar refractivity (Wildman–Crippen MR) is 113 cm³/mol. The third-order valence-electron chi connectivity index (χ3n) is 4.69. The van der Waals surface area contributed by atoms with Gasteiger partial charge in [0.05, 0.1) is 24.5 Å². The monoisotopic (exact) mass is 397 g/mol. The number of nitrogens with one attached hydrogen (secondary N) is 1. The van der Waals surface area contributed by atoms with E-state index in [-0.39, 0.29) is 12.1 Å². The topological polar surface area (TPSA) is 71.1 Å². The SMILES string of the molecule is COC(=O)c1ccc(NC(=O)N2CCN(c3ccccc3OC(C)C)CC2)cc1. The zero-order valence-electron chi connectivity index (χ0n) is 17.1. The molecule has 1 heterocycles. The molecule has 1 saturated heterocycles. The molecule has 0 atom stereocenters. The number of benzene rings is 2. The Labute approximate surface area is 171 Å². The summed E-state index contributed by atoms with van der Waals surface area (Å²) in [6, 6.07) is 14.5. The summed E-state index contributed by atoms with van der Waals surface area (Å²) in [6.07, 6.45) is 0.105. The molecule has 0 radical (unpaired) electrons. The van der Waals surface area contributed by atoms with Gasteiger partial charge in [-0.25, -0.2) is 9.59 Å². The molecule has 7 heteroatoms. The summed E-state index contributed by atoms with van der Waals surface area (Å²) >= 11 is 0. The van der Waals surface area contributed by atoms with E-state index in [1.807, 2.05) is 32.0 Å². The summed E-state index contributed by atoms with van der Waals surface area (Å²) < 4.78 is 10.6. The fourth-order valence-electron chi connectivity index (χ4n) is 3.23. The number of urea groups is 1. The second kappa shape index (κ2) is 9.32. The maximum atomic E-state index is 12.6. The van der Waals surface area contributed by atoms with Crippen molar-refractivity contribution in [3.05, 3.63) is 54.1 Å². The molecule has 3 rings (SSSR count). The van der Waals surface area contributed by atoms with Gasteiger partial charge in [-0.15, -0.1) is 0 Å². The van der Waals surface area contributed by atoms with Crippen LogP contribution >= 0.6 is 0 Å². The first-order chi connectivity index (χ1) is 14.0. The standard InChI is InChI=1S/C22H27N3O4/c1-16(2)29-20-7-5-4-6-19(20)24-12-14-25(15-13-24)22(27)23-18-10-8-17(9-11-18)21(26)28-3/h4-11,16H,12-15H2,1-3H3,(H,23,27). The number of piperazine rings is 1. The molecule has 0 bridgehead atoms. The number of para-hydroxylation sites is 2. The average molecular weight is 397 g/mol. The summed E-state index contributed by atoms with van der Waals surface area (Å²) in [5.74, 6) is 0.465. The Bertz CT molecular complexity index is 843. The van der Waals surface area contributed by atoms with E-state index >= 15 is 0 Å². The zero-order chi connectivity index (χ0) is 20.8. The van der Waals surface area contributed by atoms with Crippen LogP contribution < -0.4 is 15.0 Å². The van der Waals surface area contributed by atoms with Gasteiger partial charge in [0.15, 0.2) is 0 Å². The highest BCUT2D eigenvalue weighted by Crippen LogP contribution is 2.29. The highest BCUT2D eigenvalue weighted by Gasteiger charge is 2.23. The fraction of sp³-hybridized carbons (Fsp3) is 0.364. The number of carbonyl (C=O) groups excluding carboxylic acids is 2. The molecule has 7 nitrogen and oxygen atoms in total. The van der Waals surface area contributed by atoms with Crippen molar-refractivity contribution in [3.8, 4) is 5.75 Å². The van der Waals surface area contributed by atoms with Crippen molar-refractivity contribution in [1.82, 2.24) is 4.90 Å². The Morgan fingerprint density at radius 3 is 2.24 bits per heavy atom. The first-order valence-electron chi connectivity index (χ1n) is 9.73.